The number of piperidine rings is 1. The summed E-state index contributed by atoms with van der Waals surface area (Å²) >= 11 is 0. The van der Waals surface area contributed by atoms with E-state index in [0.717, 1.165) is 24.0 Å². The van der Waals surface area contributed by atoms with Crippen LogP contribution in [0.15, 0.2) is 64.0 Å². The van der Waals surface area contributed by atoms with E-state index >= 15 is 0 Å². The Bertz CT molecular complexity index is 1170. The molecule has 1 N–H and O–H groups in total. The zero-order valence-corrected chi connectivity index (χ0v) is 18.4. The lowest BCUT2D eigenvalue weighted by Crippen LogP contribution is -2.49. The normalized spacial score (nSPS) is 17.4. The molecule has 0 saturated carbocycles. The van der Waals surface area contributed by atoms with E-state index in [2.05, 4.69) is 10.3 Å². The van der Waals surface area contributed by atoms with Crippen LogP contribution < -0.4 is 5.32 Å². The van der Waals surface area contributed by atoms with Crippen LogP contribution in [0.5, 0.6) is 0 Å². The monoisotopic (exact) mass is 439 g/mol. The molecule has 1 aliphatic heterocycles. The molecule has 1 fully saturated rings. The van der Waals surface area contributed by atoms with E-state index in [-0.39, 0.29) is 10.8 Å². The summed E-state index contributed by atoms with van der Waals surface area (Å²) in [7, 11) is -3.75. The second-order valence-electron chi connectivity index (χ2n) is 7.75. The molecule has 1 aliphatic rings. The standard InChI is InChI=1S/C23H25N3O4S/c1-16-6-12-20(13-7-16)31(28,29)26-14-4-3-5-21(26)23(27)25-19-10-8-18(9-11-19)22-15-24-17(2)30-22/h6-13,15,21H,3-5,14H2,1-2H3,(H,25,27). The van der Waals surface area contributed by atoms with Crippen LogP contribution in [-0.4, -0.2) is 36.2 Å². The van der Waals surface area contributed by atoms with Crippen molar-refractivity contribution in [1.82, 2.24) is 9.29 Å². The van der Waals surface area contributed by atoms with Gasteiger partial charge in [-0.15, -0.1) is 0 Å². The highest BCUT2D eigenvalue weighted by molar-refractivity contribution is 7.89. The fourth-order valence-corrected chi connectivity index (χ4v) is 5.40. The van der Waals surface area contributed by atoms with Crippen LogP contribution in [-0.2, 0) is 14.8 Å². The highest BCUT2D eigenvalue weighted by Crippen LogP contribution is 2.27. The number of oxazole rings is 1. The molecule has 2 heterocycles. The first-order valence-electron chi connectivity index (χ1n) is 10.3. The number of carbonyl (C=O) groups is 1. The number of nitrogens with one attached hydrogen (secondary N) is 1. The summed E-state index contributed by atoms with van der Waals surface area (Å²) in [5, 5.41) is 2.87. The van der Waals surface area contributed by atoms with Gasteiger partial charge in [-0.05, 0) is 56.2 Å². The summed E-state index contributed by atoms with van der Waals surface area (Å²) in [6.07, 6.45) is 3.69. The Labute approximate surface area is 182 Å². The van der Waals surface area contributed by atoms with Gasteiger partial charge in [-0.3, -0.25) is 4.79 Å². The Balaban J connectivity index is 1.51. The van der Waals surface area contributed by atoms with Crippen LogP contribution in [0.25, 0.3) is 11.3 Å². The van der Waals surface area contributed by atoms with Crippen LogP contribution in [0.4, 0.5) is 5.69 Å². The van der Waals surface area contributed by atoms with Gasteiger partial charge in [-0.25, -0.2) is 13.4 Å². The van der Waals surface area contributed by atoms with Gasteiger partial charge in [0.05, 0.1) is 11.1 Å². The number of anilines is 1. The van der Waals surface area contributed by atoms with Gasteiger partial charge in [0.25, 0.3) is 0 Å². The van der Waals surface area contributed by atoms with Crippen molar-refractivity contribution in [3.05, 3.63) is 66.2 Å². The second kappa shape index (κ2) is 8.64. The number of carbonyl (C=O) groups excluding carboxylic acids is 1. The molecule has 7 nitrogen and oxygen atoms in total. The molecule has 0 aliphatic carbocycles. The van der Waals surface area contributed by atoms with Crippen molar-refractivity contribution in [1.29, 1.82) is 0 Å². The molecule has 3 aromatic rings. The molecular weight excluding hydrogens is 414 g/mol. The number of amides is 1. The Kier molecular flexibility index (Phi) is 5.93. The van der Waals surface area contributed by atoms with Crippen LogP contribution in [0, 0.1) is 13.8 Å². The van der Waals surface area contributed by atoms with E-state index in [9.17, 15) is 13.2 Å². The summed E-state index contributed by atoms with van der Waals surface area (Å²) in [6.45, 7) is 4.01. The second-order valence-corrected chi connectivity index (χ2v) is 9.64. The van der Waals surface area contributed by atoms with Crippen molar-refractivity contribution in [2.75, 3.05) is 11.9 Å². The topological polar surface area (TPSA) is 92.5 Å². The van der Waals surface area contributed by atoms with E-state index < -0.39 is 16.1 Å². The number of nitrogens with zero attached hydrogens (tertiary/aromatic N) is 2. The summed E-state index contributed by atoms with van der Waals surface area (Å²) in [4.78, 5) is 17.3. The maximum atomic E-state index is 13.2. The Morgan fingerprint density at radius 1 is 1.06 bits per heavy atom. The van der Waals surface area contributed by atoms with E-state index in [1.165, 1.54) is 4.31 Å². The number of hydrogen-bond acceptors (Lipinski definition) is 5. The molecule has 1 saturated heterocycles. The molecule has 8 heteroatoms. The number of aromatic nitrogens is 1. The third-order valence-electron chi connectivity index (χ3n) is 5.44. The minimum Gasteiger partial charge on any atom is -0.441 e. The molecule has 1 atom stereocenters. The molecule has 1 unspecified atom stereocenters. The number of sulfonamides is 1. The zero-order valence-electron chi connectivity index (χ0n) is 17.5. The maximum absolute atomic E-state index is 13.2. The summed E-state index contributed by atoms with van der Waals surface area (Å²) in [5.74, 6) is 0.913. The molecule has 1 aromatic heterocycles. The van der Waals surface area contributed by atoms with Crippen molar-refractivity contribution < 1.29 is 17.6 Å². The Hall–Kier alpha value is -2.97. The molecule has 0 spiro atoms. The van der Waals surface area contributed by atoms with E-state index in [0.29, 0.717) is 30.3 Å². The molecule has 1 amide bonds. The summed E-state index contributed by atoms with van der Waals surface area (Å²) in [6, 6.07) is 13.2. The first kappa shape index (κ1) is 21.3. The SMILES string of the molecule is Cc1ccc(S(=O)(=O)N2CCCCC2C(=O)Nc2ccc(-c3cnc(C)o3)cc2)cc1. The third kappa shape index (κ3) is 4.55. The van der Waals surface area contributed by atoms with Gasteiger partial charge in [-0.1, -0.05) is 24.1 Å². The van der Waals surface area contributed by atoms with Crippen molar-refractivity contribution in [3.8, 4) is 11.3 Å². The van der Waals surface area contributed by atoms with Gasteiger partial charge in [0.15, 0.2) is 11.7 Å². The highest BCUT2D eigenvalue weighted by Gasteiger charge is 2.37. The summed E-state index contributed by atoms with van der Waals surface area (Å²) in [5.41, 5.74) is 2.43. The van der Waals surface area contributed by atoms with Crippen molar-refractivity contribution in [3.63, 3.8) is 0 Å². The first-order valence-corrected chi connectivity index (χ1v) is 11.7. The van der Waals surface area contributed by atoms with Gasteiger partial charge in [0.2, 0.25) is 15.9 Å². The van der Waals surface area contributed by atoms with Gasteiger partial charge < -0.3 is 9.73 Å². The van der Waals surface area contributed by atoms with E-state index in [1.807, 2.05) is 19.1 Å². The third-order valence-corrected chi connectivity index (χ3v) is 7.36. The van der Waals surface area contributed by atoms with Gasteiger partial charge >= 0.3 is 0 Å². The maximum Gasteiger partial charge on any atom is 0.243 e. The molecule has 0 radical (unpaired) electrons. The van der Waals surface area contributed by atoms with E-state index in [1.54, 1.807) is 49.5 Å². The summed E-state index contributed by atoms with van der Waals surface area (Å²) < 4.78 is 33.2. The van der Waals surface area contributed by atoms with Gasteiger partial charge in [0.1, 0.15) is 6.04 Å². The number of hydrogen-bond donors (Lipinski definition) is 1. The van der Waals surface area contributed by atoms with Crippen molar-refractivity contribution in [2.45, 2.75) is 44.0 Å². The Morgan fingerprint density at radius 3 is 2.42 bits per heavy atom. The minimum absolute atomic E-state index is 0.213. The number of aryl methyl sites for hydroxylation is 2. The molecule has 2 aromatic carbocycles. The van der Waals surface area contributed by atoms with Crippen LogP contribution in [0.1, 0.15) is 30.7 Å². The van der Waals surface area contributed by atoms with Crippen LogP contribution >= 0.6 is 0 Å². The number of rotatable bonds is 5. The first-order chi connectivity index (χ1) is 14.8. The molecular formula is C23H25N3O4S. The lowest BCUT2D eigenvalue weighted by molar-refractivity contribution is -0.120. The highest BCUT2D eigenvalue weighted by atomic mass is 32.2. The predicted molar refractivity (Wildman–Crippen MR) is 118 cm³/mol. The van der Waals surface area contributed by atoms with E-state index in [4.69, 9.17) is 4.42 Å². The smallest absolute Gasteiger partial charge is 0.243 e. The fraction of sp³-hybridized carbons (Fsp3) is 0.304. The quantitative estimate of drug-likeness (QED) is 0.645. The Morgan fingerprint density at radius 2 is 1.77 bits per heavy atom. The van der Waals surface area contributed by atoms with Crippen molar-refractivity contribution in [2.24, 2.45) is 0 Å². The fourth-order valence-electron chi connectivity index (χ4n) is 3.74. The molecule has 162 valence electrons. The largest absolute Gasteiger partial charge is 0.441 e. The van der Waals surface area contributed by atoms with Gasteiger partial charge in [-0.2, -0.15) is 4.31 Å². The lowest BCUT2D eigenvalue weighted by Gasteiger charge is -2.33. The predicted octanol–water partition coefficient (Wildman–Crippen LogP) is 4.14. The molecule has 4 rings (SSSR count). The average Bonchev–Trinajstić information content (AvgIpc) is 3.21. The zero-order chi connectivity index (χ0) is 22.0. The van der Waals surface area contributed by atoms with Crippen molar-refractivity contribution >= 4 is 21.6 Å². The molecule has 31 heavy (non-hydrogen) atoms. The molecule has 0 bridgehead atoms. The van der Waals surface area contributed by atoms with Gasteiger partial charge in [0, 0.05) is 24.7 Å². The average molecular weight is 440 g/mol. The lowest BCUT2D eigenvalue weighted by atomic mass is 10.0. The van der Waals surface area contributed by atoms with Crippen LogP contribution in [0.3, 0.4) is 0 Å². The van der Waals surface area contributed by atoms with Crippen LogP contribution in [0.2, 0.25) is 0 Å². The number of benzene rings is 2. The minimum atomic E-state index is -3.75.